The number of carbonyl (C=O) groups excluding carboxylic acids is 1. The Bertz CT molecular complexity index is 898. The van der Waals surface area contributed by atoms with Crippen LogP contribution in [0.1, 0.15) is 29.9 Å². The molecule has 1 amide bonds. The molecule has 0 bridgehead atoms. The van der Waals surface area contributed by atoms with E-state index in [2.05, 4.69) is 44.7 Å². The summed E-state index contributed by atoms with van der Waals surface area (Å²) in [7, 11) is 0. The summed E-state index contributed by atoms with van der Waals surface area (Å²) < 4.78 is 1.14. The van der Waals surface area contributed by atoms with Gasteiger partial charge in [0, 0.05) is 18.0 Å². The van der Waals surface area contributed by atoms with Crippen molar-refractivity contribution in [3.63, 3.8) is 0 Å². The van der Waals surface area contributed by atoms with Crippen LogP contribution in [0.3, 0.4) is 0 Å². The zero-order chi connectivity index (χ0) is 19.4. The van der Waals surface area contributed by atoms with Gasteiger partial charge in [-0.05, 0) is 55.6 Å². The molecule has 4 nitrogen and oxygen atoms in total. The van der Waals surface area contributed by atoms with Crippen molar-refractivity contribution in [3.05, 3.63) is 45.6 Å². The molecule has 0 atom stereocenters. The molecule has 0 aliphatic carbocycles. The lowest BCUT2D eigenvalue weighted by atomic mass is 10.1. The summed E-state index contributed by atoms with van der Waals surface area (Å²) in [6.07, 6.45) is 0.434. The summed E-state index contributed by atoms with van der Waals surface area (Å²) >= 11 is 3.25. The predicted octanol–water partition coefficient (Wildman–Crippen LogP) is 4.89. The lowest BCUT2D eigenvalue weighted by Gasteiger charge is -2.24. The topological polar surface area (TPSA) is 36.4 Å². The Labute approximate surface area is 169 Å². The van der Waals surface area contributed by atoms with Gasteiger partial charge < -0.3 is 4.90 Å². The largest absolute Gasteiger partial charge is 0.302 e. The number of aryl methyl sites for hydroxylation is 2. The summed E-state index contributed by atoms with van der Waals surface area (Å²) in [6, 6.07) is 8.27. The molecule has 6 heteroatoms. The molecule has 2 aromatic heterocycles. The Hall–Kier alpha value is -1.76. The van der Waals surface area contributed by atoms with Crippen LogP contribution in [0.15, 0.2) is 29.6 Å². The van der Waals surface area contributed by atoms with Gasteiger partial charge in [0.2, 0.25) is 5.91 Å². The van der Waals surface area contributed by atoms with Crippen LogP contribution >= 0.6 is 22.7 Å². The molecule has 1 aromatic carbocycles. The molecule has 0 aliphatic heterocycles. The van der Waals surface area contributed by atoms with Crippen molar-refractivity contribution in [3.8, 4) is 0 Å². The average Bonchev–Trinajstić information content (AvgIpc) is 3.32. The summed E-state index contributed by atoms with van der Waals surface area (Å²) in [5.74, 6) is 0.123. The fourth-order valence-electron chi connectivity index (χ4n) is 3.10. The number of nitrogens with zero attached hydrogens (tertiary/aromatic N) is 3. The zero-order valence-corrected chi connectivity index (χ0v) is 18.1. The lowest BCUT2D eigenvalue weighted by Crippen LogP contribution is -2.39. The third-order valence-electron chi connectivity index (χ3n) is 5.05. The number of amides is 1. The van der Waals surface area contributed by atoms with Crippen molar-refractivity contribution in [2.45, 2.75) is 34.1 Å². The quantitative estimate of drug-likeness (QED) is 0.539. The second kappa shape index (κ2) is 8.95. The standard InChI is InChI=1S/C21H27N3OS2/c1-5-23(6-2)11-12-24(19(25)14-17-8-7-13-26-17)21-22-20-16(4)15(3)9-10-18(20)27-21/h7-10,13H,5-6,11-12,14H2,1-4H3. The third-order valence-corrected chi connectivity index (χ3v) is 6.97. The van der Waals surface area contributed by atoms with E-state index in [1.165, 1.54) is 11.1 Å². The molecule has 3 aromatic rings. The Morgan fingerprint density at radius 1 is 1.11 bits per heavy atom. The number of hydrogen-bond acceptors (Lipinski definition) is 5. The van der Waals surface area contributed by atoms with Gasteiger partial charge in [-0.15, -0.1) is 11.3 Å². The van der Waals surface area contributed by atoms with Crippen LogP contribution in [0.2, 0.25) is 0 Å². The minimum atomic E-state index is 0.123. The minimum absolute atomic E-state index is 0.123. The van der Waals surface area contributed by atoms with Crippen molar-refractivity contribution in [2.75, 3.05) is 31.1 Å². The van der Waals surface area contributed by atoms with Crippen molar-refractivity contribution in [1.82, 2.24) is 9.88 Å². The third kappa shape index (κ3) is 4.57. The number of likely N-dealkylation sites (N-methyl/N-ethyl adjacent to an activating group) is 1. The van der Waals surface area contributed by atoms with Gasteiger partial charge in [0.25, 0.3) is 0 Å². The summed E-state index contributed by atoms with van der Waals surface area (Å²) in [5, 5.41) is 2.83. The Morgan fingerprint density at radius 3 is 2.56 bits per heavy atom. The van der Waals surface area contributed by atoms with E-state index >= 15 is 0 Å². The fraction of sp³-hybridized carbons (Fsp3) is 0.429. The number of benzene rings is 1. The smallest absolute Gasteiger partial charge is 0.234 e. The van der Waals surface area contributed by atoms with E-state index in [1.54, 1.807) is 22.7 Å². The Morgan fingerprint density at radius 2 is 1.89 bits per heavy atom. The van der Waals surface area contributed by atoms with Crippen molar-refractivity contribution < 1.29 is 4.79 Å². The molecule has 0 saturated heterocycles. The van der Waals surface area contributed by atoms with Gasteiger partial charge in [0.15, 0.2) is 5.13 Å². The Balaban J connectivity index is 1.90. The molecule has 0 N–H and O–H groups in total. The fourth-order valence-corrected chi connectivity index (χ4v) is 4.86. The van der Waals surface area contributed by atoms with E-state index in [1.807, 2.05) is 22.4 Å². The highest BCUT2D eigenvalue weighted by Crippen LogP contribution is 2.32. The summed E-state index contributed by atoms with van der Waals surface area (Å²) in [6.45, 7) is 12.0. The molecule has 2 heterocycles. The molecule has 0 spiro atoms. The molecule has 0 unspecified atom stereocenters. The monoisotopic (exact) mass is 401 g/mol. The molecular formula is C21H27N3OS2. The SMILES string of the molecule is CCN(CC)CCN(C(=O)Cc1cccs1)c1nc2c(C)c(C)ccc2s1. The number of fused-ring (bicyclic) bond motifs is 1. The maximum absolute atomic E-state index is 13.1. The number of carbonyl (C=O) groups is 1. The molecule has 3 rings (SSSR count). The van der Waals surface area contributed by atoms with Crippen LogP contribution in [0.25, 0.3) is 10.2 Å². The number of anilines is 1. The number of thiophene rings is 1. The highest BCUT2D eigenvalue weighted by Gasteiger charge is 2.21. The first-order valence-corrected chi connectivity index (χ1v) is 11.1. The van der Waals surface area contributed by atoms with Gasteiger partial charge in [0.1, 0.15) is 0 Å². The zero-order valence-electron chi connectivity index (χ0n) is 16.5. The number of rotatable bonds is 8. The van der Waals surface area contributed by atoms with Crippen LogP contribution in [0, 0.1) is 13.8 Å². The molecular weight excluding hydrogens is 374 g/mol. The maximum Gasteiger partial charge on any atom is 0.234 e. The predicted molar refractivity (Wildman–Crippen MR) is 117 cm³/mol. The van der Waals surface area contributed by atoms with Crippen molar-refractivity contribution >= 4 is 43.9 Å². The van der Waals surface area contributed by atoms with Crippen LogP contribution in [0.4, 0.5) is 5.13 Å². The first-order valence-electron chi connectivity index (χ1n) is 9.45. The number of aromatic nitrogens is 1. The first kappa shape index (κ1) is 20.0. The van der Waals surface area contributed by atoms with Gasteiger partial charge in [-0.2, -0.15) is 0 Å². The summed E-state index contributed by atoms with van der Waals surface area (Å²) in [5.41, 5.74) is 3.45. The molecule has 144 valence electrons. The van der Waals surface area contributed by atoms with E-state index in [-0.39, 0.29) is 5.91 Å². The van der Waals surface area contributed by atoms with E-state index in [0.29, 0.717) is 13.0 Å². The van der Waals surface area contributed by atoms with Crippen LogP contribution in [0.5, 0.6) is 0 Å². The molecule has 0 saturated carbocycles. The van der Waals surface area contributed by atoms with Crippen LogP contribution in [-0.2, 0) is 11.2 Å². The number of hydrogen-bond donors (Lipinski definition) is 0. The molecule has 0 radical (unpaired) electrons. The average molecular weight is 402 g/mol. The maximum atomic E-state index is 13.1. The van der Waals surface area contributed by atoms with Crippen molar-refractivity contribution in [2.24, 2.45) is 0 Å². The van der Waals surface area contributed by atoms with Gasteiger partial charge in [-0.25, -0.2) is 4.98 Å². The van der Waals surface area contributed by atoms with Gasteiger partial charge in [-0.1, -0.05) is 37.3 Å². The molecule has 27 heavy (non-hydrogen) atoms. The van der Waals surface area contributed by atoms with Crippen molar-refractivity contribution in [1.29, 1.82) is 0 Å². The Kier molecular flexibility index (Phi) is 6.63. The van der Waals surface area contributed by atoms with Crippen LogP contribution < -0.4 is 4.90 Å². The highest BCUT2D eigenvalue weighted by molar-refractivity contribution is 7.22. The first-order chi connectivity index (χ1) is 13.0. The number of thiazole rings is 1. The van der Waals surface area contributed by atoms with E-state index in [4.69, 9.17) is 4.98 Å². The van der Waals surface area contributed by atoms with Gasteiger partial charge in [0.05, 0.1) is 16.6 Å². The highest BCUT2D eigenvalue weighted by atomic mass is 32.1. The van der Waals surface area contributed by atoms with Gasteiger partial charge >= 0.3 is 0 Å². The van der Waals surface area contributed by atoms with Gasteiger partial charge in [-0.3, -0.25) is 9.69 Å². The van der Waals surface area contributed by atoms with Crippen LogP contribution in [-0.4, -0.2) is 42.0 Å². The lowest BCUT2D eigenvalue weighted by molar-refractivity contribution is -0.118. The minimum Gasteiger partial charge on any atom is -0.302 e. The molecule has 0 aliphatic rings. The second-order valence-electron chi connectivity index (χ2n) is 6.68. The normalized spacial score (nSPS) is 11.4. The molecule has 0 fully saturated rings. The second-order valence-corrected chi connectivity index (χ2v) is 8.72. The summed E-state index contributed by atoms with van der Waals surface area (Å²) in [4.78, 5) is 23.3. The van der Waals surface area contributed by atoms with E-state index in [0.717, 1.165) is 39.9 Å². The van der Waals surface area contributed by atoms with E-state index in [9.17, 15) is 4.79 Å². The van der Waals surface area contributed by atoms with E-state index < -0.39 is 0 Å².